The van der Waals surface area contributed by atoms with E-state index in [0.29, 0.717) is 6.07 Å². The lowest BCUT2D eigenvalue weighted by molar-refractivity contribution is -0.384. The molecule has 0 saturated heterocycles. The zero-order chi connectivity index (χ0) is 26.3. The summed E-state index contributed by atoms with van der Waals surface area (Å²) in [5, 5.41) is 15.1. The lowest BCUT2D eigenvalue weighted by Crippen LogP contribution is -2.40. The SMILES string of the molecule is CCOC(=O)c1cc(C(=O)OC(C)C(=O)NCC(=O)Nc2ccc(F)c(F)c2F)cc([N+](=O)[O-])c1. The highest BCUT2D eigenvalue weighted by molar-refractivity contribution is 5.98. The Balaban J connectivity index is 2.01. The molecule has 0 radical (unpaired) electrons. The predicted octanol–water partition coefficient (Wildman–Crippen LogP) is 2.49. The average molecular weight is 497 g/mol. The second kappa shape index (κ2) is 11.6. The van der Waals surface area contributed by atoms with Gasteiger partial charge in [0.1, 0.15) is 0 Å². The summed E-state index contributed by atoms with van der Waals surface area (Å²) >= 11 is 0. The molecule has 0 heterocycles. The monoisotopic (exact) mass is 497 g/mol. The normalized spacial score (nSPS) is 11.2. The van der Waals surface area contributed by atoms with Gasteiger partial charge in [0.05, 0.1) is 34.9 Å². The van der Waals surface area contributed by atoms with Crippen LogP contribution in [-0.4, -0.2) is 47.9 Å². The molecule has 0 bridgehead atoms. The number of nitrogens with one attached hydrogen (secondary N) is 2. The second-order valence-electron chi connectivity index (χ2n) is 6.78. The molecule has 0 aromatic heterocycles. The van der Waals surface area contributed by atoms with Crippen molar-refractivity contribution in [2.75, 3.05) is 18.5 Å². The Kier molecular flexibility index (Phi) is 8.85. The molecule has 2 rings (SSSR count). The molecule has 2 aromatic rings. The Labute approximate surface area is 195 Å². The van der Waals surface area contributed by atoms with Crippen LogP contribution in [0, 0.1) is 27.6 Å². The van der Waals surface area contributed by atoms with Crippen molar-refractivity contribution in [1.82, 2.24) is 5.32 Å². The van der Waals surface area contributed by atoms with Crippen LogP contribution in [0.15, 0.2) is 30.3 Å². The highest BCUT2D eigenvalue weighted by atomic mass is 19.2. The van der Waals surface area contributed by atoms with Crippen molar-refractivity contribution in [3.63, 3.8) is 0 Å². The summed E-state index contributed by atoms with van der Waals surface area (Å²) in [6, 6.07) is 4.09. The third-order valence-corrected chi connectivity index (χ3v) is 4.26. The molecule has 1 atom stereocenters. The van der Waals surface area contributed by atoms with E-state index in [1.165, 1.54) is 6.92 Å². The predicted molar refractivity (Wildman–Crippen MR) is 112 cm³/mol. The van der Waals surface area contributed by atoms with Crippen molar-refractivity contribution in [1.29, 1.82) is 0 Å². The average Bonchev–Trinajstić information content (AvgIpc) is 2.82. The van der Waals surface area contributed by atoms with Crippen molar-refractivity contribution in [2.24, 2.45) is 0 Å². The summed E-state index contributed by atoms with van der Waals surface area (Å²) in [7, 11) is 0. The van der Waals surface area contributed by atoms with Crippen LogP contribution in [0.4, 0.5) is 24.5 Å². The summed E-state index contributed by atoms with van der Waals surface area (Å²) in [5.74, 6) is -8.96. The van der Waals surface area contributed by atoms with Gasteiger partial charge in [0.25, 0.3) is 11.6 Å². The number of halogens is 3. The third kappa shape index (κ3) is 6.99. The smallest absolute Gasteiger partial charge is 0.339 e. The largest absolute Gasteiger partial charge is 0.462 e. The number of anilines is 1. The maximum atomic E-state index is 13.6. The molecule has 0 saturated carbocycles. The van der Waals surface area contributed by atoms with Crippen LogP contribution in [-0.2, 0) is 19.1 Å². The molecular formula is C21H18F3N3O8. The van der Waals surface area contributed by atoms with E-state index < -0.39 is 75.7 Å². The minimum Gasteiger partial charge on any atom is -0.462 e. The van der Waals surface area contributed by atoms with Crippen LogP contribution < -0.4 is 10.6 Å². The second-order valence-corrected chi connectivity index (χ2v) is 6.78. The van der Waals surface area contributed by atoms with Gasteiger partial charge in [0.2, 0.25) is 5.91 Å². The molecule has 0 aliphatic carbocycles. The maximum absolute atomic E-state index is 13.6. The van der Waals surface area contributed by atoms with Crippen LogP contribution >= 0.6 is 0 Å². The fourth-order valence-electron chi connectivity index (χ4n) is 2.58. The number of ether oxygens (including phenoxy) is 2. The third-order valence-electron chi connectivity index (χ3n) is 4.26. The standard InChI is InChI=1S/C21H18F3N3O8/c1-3-34-20(30)11-6-12(8-13(7-11)27(32)33)21(31)35-10(2)19(29)25-9-16(28)26-15-5-4-14(22)17(23)18(15)24/h4-8,10H,3,9H2,1-2H3,(H,25,29)(H,26,28). The van der Waals surface area contributed by atoms with Gasteiger partial charge in [0.15, 0.2) is 23.6 Å². The van der Waals surface area contributed by atoms with Crippen LogP contribution in [0.25, 0.3) is 0 Å². The molecule has 2 aromatic carbocycles. The highest BCUT2D eigenvalue weighted by Crippen LogP contribution is 2.20. The van der Waals surface area contributed by atoms with Crippen molar-refractivity contribution in [3.05, 3.63) is 69.0 Å². The summed E-state index contributed by atoms with van der Waals surface area (Å²) in [6.07, 6.45) is -1.50. The van der Waals surface area contributed by atoms with E-state index in [1.54, 1.807) is 0 Å². The van der Waals surface area contributed by atoms with Gasteiger partial charge in [0, 0.05) is 12.1 Å². The van der Waals surface area contributed by atoms with Crippen molar-refractivity contribution >= 4 is 35.1 Å². The Hall–Kier alpha value is -4.49. The highest BCUT2D eigenvalue weighted by Gasteiger charge is 2.24. The van der Waals surface area contributed by atoms with Gasteiger partial charge in [-0.05, 0) is 32.0 Å². The molecule has 0 fully saturated rings. The van der Waals surface area contributed by atoms with Gasteiger partial charge in [-0.1, -0.05) is 0 Å². The number of hydrogen-bond donors (Lipinski definition) is 2. The molecule has 14 heteroatoms. The number of benzene rings is 2. The first kappa shape index (κ1) is 26.8. The lowest BCUT2D eigenvalue weighted by atomic mass is 10.1. The Morgan fingerprint density at radius 3 is 2.26 bits per heavy atom. The van der Waals surface area contributed by atoms with Gasteiger partial charge in [-0.3, -0.25) is 19.7 Å². The number of nitro benzene ring substituents is 1. The van der Waals surface area contributed by atoms with E-state index in [1.807, 2.05) is 5.32 Å². The minimum absolute atomic E-state index is 0.0190. The van der Waals surface area contributed by atoms with E-state index in [4.69, 9.17) is 9.47 Å². The summed E-state index contributed by atoms with van der Waals surface area (Å²) in [5.41, 5.74) is -1.95. The summed E-state index contributed by atoms with van der Waals surface area (Å²) in [4.78, 5) is 58.5. The van der Waals surface area contributed by atoms with Crippen LogP contribution in [0.3, 0.4) is 0 Å². The summed E-state index contributed by atoms with van der Waals surface area (Å²) in [6.45, 7) is 1.88. The van der Waals surface area contributed by atoms with Gasteiger partial charge in [-0.15, -0.1) is 0 Å². The van der Waals surface area contributed by atoms with Crippen molar-refractivity contribution < 1.29 is 46.7 Å². The topological polar surface area (TPSA) is 154 Å². The molecule has 186 valence electrons. The number of nitro groups is 1. The Bertz CT molecular complexity index is 1190. The number of carbonyl (C=O) groups excluding carboxylic acids is 4. The molecular weight excluding hydrogens is 479 g/mol. The lowest BCUT2D eigenvalue weighted by Gasteiger charge is -2.14. The number of nitrogens with zero attached hydrogens (tertiary/aromatic N) is 1. The Morgan fingerprint density at radius 1 is 1.03 bits per heavy atom. The van der Waals surface area contributed by atoms with E-state index in [0.717, 1.165) is 31.2 Å². The van der Waals surface area contributed by atoms with Gasteiger partial charge in [-0.2, -0.15) is 0 Å². The number of carbonyl (C=O) groups is 4. The number of amides is 2. The van der Waals surface area contributed by atoms with Crippen molar-refractivity contribution in [2.45, 2.75) is 20.0 Å². The van der Waals surface area contributed by atoms with Gasteiger partial charge < -0.3 is 20.1 Å². The first-order valence-electron chi connectivity index (χ1n) is 9.83. The molecule has 0 spiro atoms. The molecule has 1 unspecified atom stereocenters. The first-order valence-corrected chi connectivity index (χ1v) is 9.83. The maximum Gasteiger partial charge on any atom is 0.339 e. The van der Waals surface area contributed by atoms with E-state index in [9.17, 15) is 42.5 Å². The zero-order valence-electron chi connectivity index (χ0n) is 18.2. The quantitative estimate of drug-likeness (QED) is 0.232. The molecule has 0 aliphatic rings. The number of esters is 2. The fraction of sp³-hybridized carbons (Fsp3) is 0.238. The molecule has 2 amide bonds. The van der Waals surface area contributed by atoms with Crippen LogP contribution in [0.5, 0.6) is 0 Å². The summed E-state index contributed by atoms with van der Waals surface area (Å²) < 4.78 is 49.4. The van der Waals surface area contributed by atoms with E-state index >= 15 is 0 Å². The van der Waals surface area contributed by atoms with Crippen molar-refractivity contribution in [3.8, 4) is 0 Å². The van der Waals surface area contributed by atoms with Gasteiger partial charge in [-0.25, -0.2) is 22.8 Å². The van der Waals surface area contributed by atoms with E-state index in [2.05, 4.69) is 5.32 Å². The fourth-order valence-corrected chi connectivity index (χ4v) is 2.58. The van der Waals surface area contributed by atoms with Crippen LogP contribution in [0.1, 0.15) is 34.6 Å². The van der Waals surface area contributed by atoms with E-state index in [-0.39, 0.29) is 12.2 Å². The number of hydrogen-bond acceptors (Lipinski definition) is 8. The molecule has 2 N–H and O–H groups in total. The first-order chi connectivity index (χ1) is 16.4. The molecule has 35 heavy (non-hydrogen) atoms. The Morgan fingerprint density at radius 2 is 1.66 bits per heavy atom. The zero-order valence-corrected chi connectivity index (χ0v) is 18.2. The number of rotatable bonds is 9. The van der Waals surface area contributed by atoms with Gasteiger partial charge >= 0.3 is 11.9 Å². The number of non-ortho nitro benzene ring substituents is 1. The van der Waals surface area contributed by atoms with Crippen LogP contribution in [0.2, 0.25) is 0 Å². The molecule has 11 nitrogen and oxygen atoms in total. The minimum atomic E-state index is -1.79. The molecule has 0 aliphatic heterocycles.